The Bertz CT molecular complexity index is 878. The largest absolute Gasteiger partial charge is 0.508 e. The Morgan fingerprint density at radius 1 is 0.824 bits per heavy atom. The standard InChI is InChI=1S/C20H29N5O9/c21-12(7-10-1-3-11(28)4-2-10)17(30)24-14(8-26)19(32)23-13(5-6-16(22)29)18(31)25-15(9-27)20(33)34/h1-4,12-15,26-28H,5-9,21H2,(H2,22,29)(H,23,32)(H,24,30)(H,25,31)(H,33,34). The molecule has 0 saturated heterocycles. The van der Waals surface area contributed by atoms with E-state index < -0.39 is 67.0 Å². The molecule has 34 heavy (non-hydrogen) atoms. The fraction of sp³-hybridized carbons (Fsp3) is 0.450. The lowest BCUT2D eigenvalue weighted by Crippen LogP contribution is -2.58. The van der Waals surface area contributed by atoms with Gasteiger partial charge in [0.25, 0.3) is 0 Å². The smallest absolute Gasteiger partial charge is 0.328 e. The predicted octanol–water partition coefficient (Wildman–Crippen LogP) is -3.95. The van der Waals surface area contributed by atoms with Crippen LogP contribution in [0.3, 0.4) is 0 Å². The third kappa shape index (κ3) is 9.40. The number of amides is 4. The third-order valence-electron chi connectivity index (χ3n) is 4.65. The Morgan fingerprint density at radius 3 is 1.82 bits per heavy atom. The van der Waals surface area contributed by atoms with Crippen molar-refractivity contribution in [2.45, 2.75) is 43.4 Å². The lowest BCUT2D eigenvalue weighted by molar-refractivity contribution is -0.143. The van der Waals surface area contributed by atoms with Gasteiger partial charge in [0.15, 0.2) is 0 Å². The van der Waals surface area contributed by atoms with Crippen LogP contribution in [0.15, 0.2) is 24.3 Å². The fourth-order valence-electron chi connectivity index (χ4n) is 2.74. The van der Waals surface area contributed by atoms with Gasteiger partial charge in [-0.25, -0.2) is 4.79 Å². The minimum absolute atomic E-state index is 0.0300. The Labute approximate surface area is 194 Å². The predicted molar refractivity (Wildman–Crippen MR) is 116 cm³/mol. The van der Waals surface area contributed by atoms with Crippen molar-refractivity contribution in [3.8, 4) is 5.75 Å². The second-order valence-electron chi connectivity index (χ2n) is 7.37. The second kappa shape index (κ2) is 13.7. The maximum Gasteiger partial charge on any atom is 0.328 e. The van der Waals surface area contributed by atoms with Gasteiger partial charge in [0, 0.05) is 6.42 Å². The number of carbonyl (C=O) groups excluding carboxylic acids is 4. The van der Waals surface area contributed by atoms with Gasteiger partial charge in [-0.05, 0) is 30.5 Å². The van der Waals surface area contributed by atoms with E-state index in [-0.39, 0.29) is 25.0 Å². The van der Waals surface area contributed by atoms with Gasteiger partial charge in [-0.3, -0.25) is 19.2 Å². The van der Waals surface area contributed by atoms with E-state index in [1.54, 1.807) is 12.1 Å². The summed E-state index contributed by atoms with van der Waals surface area (Å²) in [6, 6.07) is 0.183. The van der Waals surface area contributed by atoms with Crippen molar-refractivity contribution < 1.29 is 44.4 Å². The average Bonchev–Trinajstić information content (AvgIpc) is 2.78. The molecule has 0 fully saturated rings. The number of nitrogens with two attached hydrogens (primary N) is 2. The summed E-state index contributed by atoms with van der Waals surface area (Å²) in [6.07, 6.45) is -0.590. The van der Waals surface area contributed by atoms with Gasteiger partial charge >= 0.3 is 5.97 Å². The molecule has 0 aliphatic carbocycles. The molecule has 0 spiro atoms. The molecule has 0 aromatic heterocycles. The number of nitrogens with one attached hydrogen (secondary N) is 3. The van der Waals surface area contributed by atoms with Gasteiger partial charge in [-0.2, -0.15) is 0 Å². The van der Waals surface area contributed by atoms with Gasteiger partial charge in [0.2, 0.25) is 23.6 Å². The monoisotopic (exact) mass is 483 g/mol. The summed E-state index contributed by atoms with van der Waals surface area (Å²) in [7, 11) is 0. The van der Waals surface area contributed by atoms with E-state index in [0.29, 0.717) is 5.56 Å². The Kier molecular flexibility index (Phi) is 11.4. The van der Waals surface area contributed by atoms with E-state index in [9.17, 15) is 34.2 Å². The van der Waals surface area contributed by atoms with Crippen LogP contribution in [0.4, 0.5) is 0 Å². The van der Waals surface area contributed by atoms with Crippen LogP contribution >= 0.6 is 0 Å². The third-order valence-corrected chi connectivity index (χ3v) is 4.65. The number of aliphatic hydroxyl groups is 2. The van der Waals surface area contributed by atoms with Crippen molar-refractivity contribution in [2.24, 2.45) is 11.5 Å². The number of hydrogen-bond donors (Lipinski definition) is 9. The van der Waals surface area contributed by atoms with Crippen LogP contribution in [-0.2, 0) is 30.4 Å². The summed E-state index contributed by atoms with van der Waals surface area (Å²) in [4.78, 5) is 59.4. The second-order valence-corrected chi connectivity index (χ2v) is 7.37. The maximum atomic E-state index is 12.6. The number of carbonyl (C=O) groups is 5. The molecule has 188 valence electrons. The number of phenols is 1. The highest BCUT2D eigenvalue weighted by molar-refractivity contribution is 5.94. The van der Waals surface area contributed by atoms with E-state index in [4.69, 9.17) is 21.7 Å². The van der Waals surface area contributed by atoms with E-state index in [2.05, 4.69) is 10.6 Å². The Balaban J connectivity index is 2.82. The summed E-state index contributed by atoms with van der Waals surface area (Å²) >= 11 is 0. The number of benzene rings is 1. The zero-order chi connectivity index (χ0) is 25.8. The summed E-state index contributed by atoms with van der Waals surface area (Å²) in [6.45, 7) is -1.78. The quantitative estimate of drug-likeness (QED) is 0.124. The zero-order valence-corrected chi connectivity index (χ0v) is 18.1. The molecule has 11 N–H and O–H groups in total. The zero-order valence-electron chi connectivity index (χ0n) is 18.1. The van der Waals surface area contributed by atoms with Crippen LogP contribution in [0.5, 0.6) is 5.75 Å². The first kappa shape index (κ1) is 28.3. The Morgan fingerprint density at radius 2 is 1.32 bits per heavy atom. The van der Waals surface area contributed by atoms with Gasteiger partial charge in [0.1, 0.15) is 23.9 Å². The van der Waals surface area contributed by atoms with Crippen LogP contribution in [0.25, 0.3) is 0 Å². The molecule has 1 aromatic carbocycles. The van der Waals surface area contributed by atoms with E-state index >= 15 is 0 Å². The highest BCUT2D eigenvalue weighted by Crippen LogP contribution is 2.11. The number of rotatable bonds is 14. The molecular weight excluding hydrogens is 454 g/mol. The number of carboxylic acids is 1. The minimum Gasteiger partial charge on any atom is -0.508 e. The molecule has 4 amide bonds. The van der Waals surface area contributed by atoms with Crippen molar-refractivity contribution in [3.05, 3.63) is 29.8 Å². The van der Waals surface area contributed by atoms with Crippen molar-refractivity contribution in [2.75, 3.05) is 13.2 Å². The first-order valence-electron chi connectivity index (χ1n) is 10.2. The molecule has 4 unspecified atom stereocenters. The normalized spacial score (nSPS) is 14.2. The molecule has 0 aliphatic rings. The topological polar surface area (TPSA) is 254 Å². The fourth-order valence-corrected chi connectivity index (χ4v) is 2.74. The molecule has 14 heteroatoms. The van der Waals surface area contributed by atoms with E-state index in [1.807, 2.05) is 5.32 Å². The van der Waals surface area contributed by atoms with Crippen LogP contribution < -0.4 is 27.4 Å². The number of aromatic hydroxyl groups is 1. The first-order valence-corrected chi connectivity index (χ1v) is 10.2. The van der Waals surface area contributed by atoms with Crippen LogP contribution in [-0.4, -0.2) is 87.4 Å². The van der Waals surface area contributed by atoms with Crippen LogP contribution in [0.1, 0.15) is 18.4 Å². The Hall–Kier alpha value is -3.75. The molecule has 0 bridgehead atoms. The molecule has 1 rings (SSSR count). The highest BCUT2D eigenvalue weighted by Gasteiger charge is 2.30. The average molecular weight is 483 g/mol. The van der Waals surface area contributed by atoms with Crippen LogP contribution in [0, 0.1) is 0 Å². The summed E-state index contributed by atoms with van der Waals surface area (Å²) in [5.74, 6) is -5.11. The summed E-state index contributed by atoms with van der Waals surface area (Å²) < 4.78 is 0. The molecule has 0 heterocycles. The number of carboxylic acid groups (broad SMARTS) is 1. The first-order chi connectivity index (χ1) is 16.0. The molecule has 0 aliphatic heterocycles. The molecule has 0 radical (unpaired) electrons. The van der Waals surface area contributed by atoms with E-state index in [1.165, 1.54) is 12.1 Å². The number of hydrogen-bond acceptors (Lipinski definition) is 9. The number of primary amides is 1. The van der Waals surface area contributed by atoms with Gasteiger partial charge in [-0.15, -0.1) is 0 Å². The van der Waals surface area contributed by atoms with E-state index in [0.717, 1.165) is 0 Å². The molecule has 4 atom stereocenters. The highest BCUT2D eigenvalue weighted by atomic mass is 16.4. The molecule has 1 aromatic rings. The summed E-state index contributed by atoms with van der Waals surface area (Å²) in [5, 5.41) is 43.3. The van der Waals surface area contributed by atoms with Gasteiger partial charge in [0.05, 0.1) is 19.3 Å². The number of phenolic OH excluding ortho intramolecular Hbond substituents is 1. The van der Waals surface area contributed by atoms with Gasteiger partial charge in [-0.1, -0.05) is 12.1 Å². The number of aliphatic carboxylic acids is 1. The van der Waals surface area contributed by atoms with Crippen molar-refractivity contribution in [1.29, 1.82) is 0 Å². The number of aliphatic hydroxyl groups excluding tert-OH is 2. The summed E-state index contributed by atoms with van der Waals surface area (Å²) in [5.41, 5.74) is 11.5. The lowest BCUT2D eigenvalue weighted by Gasteiger charge is -2.24. The molecule has 14 nitrogen and oxygen atoms in total. The minimum atomic E-state index is -1.66. The van der Waals surface area contributed by atoms with Crippen molar-refractivity contribution >= 4 is 29.6 Å². The van der Waals surface area contributed by atoms with Gasteiger partial charge < -0.3 is 47.8 Å². The molecular formula is C20H29N5O9. The lowest BCUT2D eigenvalue weighted by atomic mass is 10.1. The van der Waals surface area contributed by atoms with Crippen LogP contribution in [0.2, 0.25) is 0 Å². The van der Waals surface area contributed by atoms with Crippen molar-refractivity contribution in [3.63, 3.8) is 0 Å². The van der Waals surface area contributed by atoms with Crippen molar-refractivity contribution in [1.82, 2.24) is 16.0 Å². The SMILES string of the molecule is NC(=O)CCC(NC(=O)C(CO)NC(=O)C(N)Cc1ccc(O)cc1)C(=O)NC(CO)C(=O)O. The molecule has 0 saturated carbocycles. The maximum absolute atomic E-state index is 12.6.